The summed E-state index contributed by atoms with van der Waals surface area (Å²) >= 11 is 3.90. The minimum absolute atomic E-state index is 0.0192. The number of hydrogen-bond donors (Lipinski definition) is 2. The number of nitrogens with two attached hydrogens (primary N) is 1. The fourth-order valence-electron chi connectivity index (χ4n) is 1.54. The first kappa shape index (κ1) is 10.4. The highest BCUT2D eigenvalue weighted by Gasteiger charge is 2.25. The number of carbonyl (C=O) groups is 2. The van der Waals surface area contributed by atoms with Crippen LogP contribution in [0.4, 0.5) is 0 Å². The minimum atomic E-state index is -0.309. The molecule has 1 rings (SSSR count). The molecule has 0 radical (unpaired) electrons. The Kier molecular flexibility index (Phi) is 3.59. The van der Waals surface area contributed by atoms with Crippen LogP contribution in [-0.4, -0.2) is 35.6 Å². The average molecular weight is 202 g/mol. The Hall–Kier alpha value is -0.710. The lowest BCUT2D eigenvalue weighted by Gasteiger charge is -2.30. The van der Waals surface area contributed by atoms with Gasteiger partial charge in [-0.2, -0.15) is 12.6 Å². The Balaban J connectivity index is 2.51. The third kappa shape index (κ3) is 2.62. The van der Waals surface area contributed by atoms with Crippen molar-refractivity contribution in [3.63, 3.8) is 0 Å². The summed E-state index contributed by atoms with van der Waals surface area (Å²) in [6.07, 6.45) is 1.65. The molecule has 1 atom stereocenters. The molecule has 0 aromatic heterocycles. The van der Waals surface area contributed by atoms with Crippen molar-refractivity contribution in [1.29, 1.82) is 0 Å². The van der Waals surface area contributed by atoms with Gasteiger partial charge in [0.2, 0.25) is 11.8 Å². The van der Waals surface area contributed by atoms with E-state index in [2.05, 4.69) is 12.6 Å². The molecule has 0 saturated carbocycles. The number of primary amides is 1. The number of piperidine rings is 1. The van der Waals surface area contributed by atoms with Gasteiger partial charge in [0.1, 0.15) is 0 Å². The van der Waals surface area contributed by atoms with E-state index < -0.39 is 0 Å². The standard InChI is InChI=1S/C8H14N2O2S/c9-8(12)6-2-1-3-10(4-6)7(11)5-13/h6,13H,1-5H2,(H2,9,12). The van der Waals surface area contributed by atoms with E-state index in [-0.39, 0.29) is 23.5 Å². The molecule has 0 bridgehead atoms. The number of nitrogens with zero attached hydrogens (tertiary/aromatic N) is 1. The summed E-state index contributed by atoms with van der Waals surface area (Å²) in [6, 6.07) is 0. The molecule has 1 heterocycles. The lowest BCUT2D eigenvalue weighted by atomic mass is 9.97. The lowest BCUT2D eigenvalue weighted by Crippen LogP contribution is -2.44. The quantitative estimate of drug-likeness (QED) is 0.601. The van der Waals surface area contributed by atoms with E-state index in [1.807, 2.05) is 0 Å². The van der Waals surface area contributed by atoms with Gasteiger partial charge in [0.15, 0.2) is 0 Å². The molecule has 13 heavy (non-hydrogen) atoms. The number of hydrogen-bond acceptors (Lipinski definition) is 3. The molecule has 0 aromatic carbocycles. The SMILES string of the molecule is NC(=O)C1CCCN(C(=O)CS)C1. The fraction of sp³-hybridized carbons (Fsp3) is 0.750. The second-order valence-corrected chi connectivity index (χ2v) is 3.56. The fourth-order valence-corrected chi connectivity index (χ4v) is 1.74. The molecule has 2 amide bonds. The summed E-state index contributed by atoms with van der Waals surface area (Å²) in [6.45, 7) is 1.19. The van der Waals surface area contributed by atoms with Gasteiger partial charge in [0, 0.05) is 13.1 Å². The van der Waals surface area contributed by atoms with Crippen molar-refractivity contribution in [3.8, 4) is 0 Å². The predicted molar refractivity (Wildman–Crippen MR) is 52.4 cm³/mol. The zero-order chi connectivity index (χ0) is 9.84. The van der Waals surface area contributed by atoms with E-state index in [1.54, 1.807) is 4.90 Å². The van der Waals surface area contributed by atoms with Gasteiger partial charge in [-0.3, -0.25) is 9.59 Å². The molecule has 5 heteroatoms. The molecular formula is C8H14N2O2S. The van der Waals surface area contributed by atoms with Crippen LogP contribution < -0.4 is 5.73 Å². The zero-order valence-electron chi connectivity index (χ0n) is 7.40. The van der Waals surface area contributed by atoms with Crippen LogP contribution in [-0.2, 0) is 9.59 Å². The molecule has 1 fully saturated rings. The van der Waals surface area contributed by atoms with Gasteiger partial charge in [-0.15, -0.1) is 0 Å². The van der Waals surface area contributed by atoms with Crippen LogP contribution in [0.25, 0.3) is 0 Å². The third-order valence-corrected chi connectivity index (χ3v) is 2.58. The van der Waals surface area contributed by atoms with Gasteiger partial charge in [0.25, 0.3) is 0 Å². The summed E-state index contributed by atoms with van der Waals surface area (Å²) in [4.78, 5) is 23.8. The molecular weight excluding hydrogens is 188 g/mol. The summed E-state index contributed by atoms with van der Waals surface area (Å²) in [5, 5.41) is 0. The Morgan fingerprint density at radius 3 is 2.77 bits per heavy atom. The van der Waals surface area contributed by atoms with Crippen molar-refractivity contribution >= 4 is 24.4 Å². The van der Waals surface area contributed by atoms with E-state index in [9.17, 15) is 9.59 Å². The van der Waals surface area contributed by atoms with Gasteiger partial charge >= 0.3 is 0 Å². The van der Waals surface area contributed by atoms with Crippen LogP contribution >= 0.6 is 12.6 Å². The molecule has 74 valence electrons. The summed E-state index contributed by atoms with van der Waals surface area (Å²) < 4.78 is 0. The molecule has 1 aliphatic rings. The van der Waals surface area contributed by atoms with E-state index in [0.717, 1.165) is 19.4 Å². The highest BCUT2D eigenvalue weighted by atomic mass is 32.1. The number of amides is 2. The maximum Gasteiger partial charge on any atom is 0.232 e. The minimum Gasteiger partial charge on any atom is -0.369 e. The Morgan fingerprint density at radius 1 is 1.54 bits per heavy atom. The zero-order valence-corrected chi connectivity index (χ0v) is 8.30. The van der Waals surface area contributed by atoms with Crippen molar-refractivity contribution in [2.45, 2.75) is 12.8 Å². The molecule has 1 unspecified atom stereocenters. The first-order chi connectivity index (χ1) is 6.15. The Morgan fingerprint density at radius 2 is 2.23 bits per heavy atom. The molecule has 0 aliphatic carbocycles. The largest absolute Gasteiger partial charge is 0.369 e. The van der Waals surface area contributed by atoms with Gasteiger partial charge in [-0.1, -0.05) is 0 Å². The molecule has 0 spiro atoms. The number of rotatable bonds is 2. The molecule has 0 aromatic rings. The monoisotopic (exact) mass is 202 g/mol. The molecule has 1 aliphatic heterocycles. The topological polar surface area (TPSA) is 63.4 Å². The summed E-state index contributed by atoms with van der Waals surface area (Å²) in [7, 11) is 0. The van der Waals surface area contributed by atoms with Crippen molar-refractivity contribution < 1.29 is 9.59 Å². The van der Waals surface area contributed by atoms with Crippen molar-refractivity contribution in [1.82, 2.24) is 4.90 Å². The van der Waals surface area contributed by atoms with Crippen molar-refractivity contribution in [2.75, 3.05) is 18.8 Å². The lowest BCUT2D eigenvalue weighted by molar-refractivity contribution is -0.132. The van der Waals surface area contributed by atoms with Crippen LogP contribution in [0.1, 0.15) is 12.8 Å². The second kappa shape index (κ2) is 4.50. The van der Waals surface area contributed by atoms with Gasteiger partial charge in [-0.05, 0) is 12.8 Å². The smallest absolute Gasteiger partial charge is 0.232 e. The van der Waals surface area contributed by atoms with Crippen molar-refractivity contribution in [2.24, 2.45) is 11.7 Å². The molecule has 2 N–H and O–H groups in total. The predicted octanol–water partition coefficient (Wildman–Crippen LogP) is -0.360. The van der Waals surface area contributed by atoms with Crippen LogP contribution in [0.3, 0.4) is 0 Å². The van der Waals surface area contributed by atoms with E-state index >= 15 is 0 Å². The first-order valence-electron chi connectivity index (χ1n) is 4.33. The molecule has 4 nitrogen and oxygen atoms in total. The summed E-state index contributed by atoms with van der Waals surface area (Å²) in [5.74, 6) is -0.297. The van der Waals surface area contributed by atoms with Crippen LogP contribution in [0.2, 0.25) is 0 Å². The highest BCUT2D eigenvalue weighted by Crippen LogP contribution is 2.15. The highest BCUT2D eigenvalue weighted by molar-refractivity contribution is 7.81. The number of thiol groups is 1. The van der Waals surface area contributed by atoms with E-state index in [1.165, 1.54) is 0 Å². The normalized spacial score (nSPS) is 22.8. The summed E-state index contributed by atoms with van der Waals surface area (Å²) in [5.41, 5.74) is 5.18. The van der Waals surface area contributed by atoms with Crippen molar-refractivity contribution in [3.05, 3.63) is 0 Å². The maximum atomic E-state index is 11.2. The number of likely N-dealkylation sites (tertiary alicyclic amines) is 1. The van der Waals surface area contributed by atoms with Gasteiger partial charge in [-0.25, -0.2) is 0 Å². The maximum absolute atomic E-state index is 11.2. The van der Waals surface area contributed by atoms with Crippen LogP contribution in [0.15, 0.2) is 0 Å². The van der Waals surface area contributed by atoms with Gasteiger partial charge < -0.3 is 10.6 Å². The second-order valence-electron chi connectivity index (χ2n) is 3.24. The molecule has 1 saturated heterocycles. The van der Waals surface area contributed by atoms with Gasteiger partial charge in [0.05, 0.1) is 11.7 Å². The first-order valence-corrected chi connectivity index (χ1v) is 4.96. The number of carbonyl (C=O) groups excluding carboxylic acids is 2. The van der Waals surface area contributed by atoms with Crippen LogP contribution in [0, 0.1) is 5.92 Å². The third-order valence-electron chi connectivity index (χ3n) is 2.31. The van der Waals surface area contributed by atoms with Crippen LogP contribution in [0.5, 0.6) is 0 Å². The Bertz CT molecular complexity index is 220. The Labute approximate surface area is 82.9 Å². The van der Waals surface area contributed by atoms with E-state index in [0.29, 0.717) is 6.54 Å². The van der Waals surface area contributed by atoms with E-state index in [4.69, 9.17) is 5.73 Å². The average Bonchev–Trinajstić information content (AvgIpc) is 2.17.